The molecule has 1 saturated heterocycles. The van der Waals surface area contributed by atoms with Gasteiger partial charge in [-0.15, -0.1) is 0 Å². The van der Waals surface area contributed by atoms with Gasteiger partial charge in [0.25, 0.3) is 0 Å². The van der Waals surface area contributed by atoms with Crippen LogP contribution in [0.1, 0.15) is 25.8 Å². The second-order valence-electron chi connectivity index (χ2n) is 5.94. The maximum absolute atomic E-state index is 13.6. The molecule has 0 amide bonds. The molecule has 0 bridgehead atoms. The first-order chi connectivity index (χ1) is 9.86. The van der Waals surface area contributed by atoms with E-state index >= 15 is 0 Å². The summed E-state index contributed by atoms with van der Waals surface area (Å²) in [7, 11) is -1.82. The molecule has 1 unspecified atom stereocenters. The number of benzene rings is 1. The topological polar surface area (TPSA) is 49.4 Å². The number of nitrogens with zero attached hydrogens (tertiary/aromatic N) is 1. The average molecular weight is 314 g/mol. The van der Waals surface area contributed by atoms with E-state index in [-0.39, 0.29) is 10.7 Å². The molecule has 1 heterocycles. The van der Waals surface area contributed by atoms with Crippen LogP contribution in [0.5, 0.6) is 0 Å². The second-order valence-corrected chi connectivity index (χ2v) is 7.88. The van der Waals surface area contributed by atoms with E-state index < -0.39 is 10.0 Å². The lowest BCUT2D eigenvalue weighted by Crippen LogP contribution is -2.29. The van der Waals surface area contributed by atoms with Gasteiger partial charge in [-0.05, 0) is 43.5 Å². The summed E-state index contributed by atoms with van der Waals surface area (Å²) in [6, 6.07) is 4.02. The summed E-state index contributed by atoms with van der Waals surface area (Å²) in [6.07, 6.45) is 0.890. The lowest BCUT2D eigenvalue weighted by molar-refractivity contribution is 0.388. The van der Waals surface area contributed by atoms with Gasteiger partial charge in [0.15, 0.2) is 0 Å². The highest BCUT2D eigenvalue weighted by Crippen LogP contribution is 2.29. The van der Waals surface area contributed by atoms with Gasteiger partial charge in [-0.2, -0.15) is 4.31 Å². The summed E-state index contributed by atoms with van der Waals surface area (Å²) in [5.74, 6) is 0.486. The average Bonchev–Trinajstić information content (AvgIpc) is 2.92. The minimum absolute atomic E-state index is 0.179. The molecule has 1 aromatic rings. The summed E-state index contributed by atoms with van der Waals surface area (Å²) in [5, 5.41) is 2.85. The number of hydrogen-bond acceptors (Lipinski definition) is 3. The molecular formula is C15H23FN2O2S. The molecule has 0 spiro atoms. The van der Waals surface area contributed by atoms with E-state index in [1.54, 1.807) is 7.05 Å². The van der Waals surface area contributed by atoms with E-state index in [9.17, 15) is 12.8 Å². The number of rotatable bonds is 5. The highest BCUT2D eigenvalue weighted by molar-refractivity contribution is 7.89. The molecular weight excluding hydrogens is 291 g/mol. The van der Waals surface area contributed by atoms with Crippen LogP contribution in [0.15, 0.2) is 23.1 Å². The summed E-state index contributed by atoms with van der Waals surface area (Å²) in [4.78, 5) is 0.179. The van der Waals surface area contributed by atoms with E-state index in [1.807, 2.05) is 0 Å². The third kappa shape index (κ3) is 3.44. The van der Waals surface area contributed by atoms with E-state index in [0.717, 1.165) is 6.42 Å². The van der Waals surface area contributed by atoms with Crippen LogP contribution in [0.4, 0.5) is 4.39 Å². The second kappa shape index (κ2) is 6.42. The van der Waals surface area contributed by atoms with Crippen molar-refractivity contribution in [2.75, 3.05) is 20.1 Å². The van der Waals surface area contributed by atoms with Gasteiger partial charge < -0.3 is 5.32 Å². The van der Waals surface area contributed by atoms with E-state index in [0.29, 0.717) is 37.0 Å². The molecule has 1 N–H and O–H groups in total. The normalized spacial score (nSPS) is 20.3. The minimum Gasteiger partial charge on any atom is -0.316 e. The molecule has 1 fully saturated rings. The van der Waals surface area contributed by atoms with Crippen molar-refractivity contribution in [2.45, 2.75) is 31.7 Å². The summed E-state index contributed by atoms with van der Waals surface area (Å²) in [6.45, 7) is 5.64. The van der Waals surface area contributed by atoms with Gasteiger partial charge in [-0.1, -0.05) is 13.8 Å². The molecule has 1 aromatic carbocycles. The van der Waals surface area contributed by atoms with Gasteiger partial charge in [0, 0.05) is 25.2 Å². The lowest BCUT2D eigenvalue weighted by Gasteiger charge is -2.18. The Balaban J connectivity index is 2.26. The number of sulfonamides is 1. The fourth-order valence-corrected chi connectivity index (χ4v) is 4.27. The largest absolute Gasteiger partial charge is 0.316 e. The van der Waals surface area contributed by atoms with Crippen molar-refractivity contribution >= 4 is 10.0 Å². The summed E-state index contributed by atoms with van der Waals surface area (Å²) < 4.78 is 40.5. The first-order valence-electron chi connectivity index (χ1n) is 7.29. The van der Waals surface area contributed by atoms with Crippen LogP contribution in [0.25, 0.3) is 0 Å². The number of nitrogens with one attached hydrogen (secondary N) is 1. The van der Waals surface area contributed by atoms with Crippen LogP contribution in [-0.2, 0) is 16.6 Å². The molecule has 1 aliphatic heterocycles. The Morgan fingerprint density at radius 1 is 1.43 bits per heavy atom. The Kier molecular flexibility index (Phi) is 5.01. The van der Waals surface area contributed by atoms with Gasteiger partial charge in [0.2, 0.25) is 10.0 Å². The maximum atomic E-state index is 13.6. The third-order valence-electron chi connectivity index (χ3n) is 4.15. The molecule has 4 nitrogen and oxygen atoms in total. The quantitative estimate of drug-likeness (QED) is 0.906. The molecule has 0 radical (unpaired) electrons. The van der Waals surface area contributed by atoms with Crippen molar-refractivity contribution in [3.05, 3.63) is 29.6 Å². The van der Waals surface area contributed by atoms with Crippen molar-refractivity contribution in [3.8, 4) is 0 Å². The number of hydrogen-bond donors (Lipinski definition) is 1. The van der Waals surface area contributed by atoms with Gasteiger partial charge >= 0.3 is 0 Å². The fourth-order valence-electron chi connectivity index (χ4n) is 2.70. The zero-order valence-electron chi connectivity index (χ0n) is 12.8. The zero-order chi connectivity index (χ0) is 15.6. The summed E-state index contributed by atoms with van der Waals surface area (Å²) in [5.41, 5.74) is 0.373. The molecule has 0 saturated carbocycles. The van der Waals surface area contributed by atoms with Gasteiger partial charge in [-0.25, -0.2) is 12.8 Å². The standard InChI is InChI=1S/C15H23FN2O2S/c1-11(2)12-6-7-18(10-12)21(19,20)14-4-5-15(16)13(8-14)9-17-3/h4-5,8,11-12,17H,6-7,9-10H2,1-3H3. The minimum atomic E-state index is -3.52. The van der Waals surface area contributed by atoms with Crippen LogP contribution in [0.2, 0.25) is 0 Å². The molecule has 0 aliphatic carbocycles. The maximum Gasteiger partial charge on any atom is 0.243 e. The van der Waals surface area contributed by atoms with Crippen molar-refractivity contribution in [1.82, 2.24) is 9.62 Å². The van der Waals surface area contributed by atoms with Crippen LogP contribution in [-0.4, -0.2) is 32.9 Å². The Morgan fingerprint density at radius 3 is 2.71 bits per heavy atom. The lowest BCUT2D eigenvalue weighted by atomic mass is 9.96. The smallest absolute Gasteiger partial charge is 0.243 e. The van der Waals surface area contributed by atoms with Gasteiger partial charge in [-0.3, -0.25) is 0 Å². The van der Waals surface area contributed by atoms with Crippen molar-refractivity contribution < 1.29 is 12.8 Å². The van der Waals surface area contributed by atoms with Crippen LogP contribution in [0.3, 0.4) is 0 Å². The Labute approximate surface area is 126 Å². The first kappa shape index (κ1) is 16.4. The van der Waals surface area contributed by atoms with Crippen molar-refractivity contribution in [1.29, 1.82) is 0 Å². The molecule has 0 aromatic heterocycles. The highest BCUT2D eigenvalue weighted by atomic mass is 32.2. The fraction of sp³-hybridized carbons (Fsp3) is 0.600. The predicted molar refractivity (Wildman–Crippen MR) is 80.9 cm³/mol. The van der Waals surface area contributed by atoms with Crippen LogP contribution >= 0.6 is 0 Å². The van der Waals surface area contributed by atoms with Crippen molar-refractivity contribution in [3.63, 3.8) is 0 Å². The van der Waals surface area contributed by atoms with Crippen LogP contribution in [0, 0.1) is 17.7 Å². The Morgan fingerprint density at radius 2 is 2.14 bits per heavy atom. The molecule has 1 aliphatic rings. The van der Waals surface area contributed by atoms with Gasteiger partial charge in [0.1, 0.15) is 5.82 Å². The molecule has 1 atom stereocenters. The third-order valence-corrected chi connectivity index (χ3v) is 6.01. The summed E-state index contributed by atoms with van der Waals surface area (Å²) >= 11 is 0. The van der Waals surface area contributed by atoms with E-state index in [1.165, 1.54) is 22.5 Å². The predicted octanol–water partition coefficient (Wildman–Crippen LogP) is 2.21. The highest BCUT2D eigenvalue weighted by Gasteiger charge is 2.33. The Hall–Kier alpha value is -0.980. The molecule has 6 heteroatoms. The zero-order valence-corrected chi connectivity index (χ0v) is 13.6. The van der Waals surface area contributed by atoms with E-state index in [2.05, 4.69) is 19.2 Å². The first-order valence-corrected chi connectivity index (χ1v) is 8.73. The number of halogens is 1. The molecule has 21 heavy (non-hydrogen) atoms. The monoisotopic (exact) mass is 314 g/mol. The SMILES string of the molecule is CNCc1cc(S(=O)(=O)N2CCC(C(C)C)C2)ccc1F. The molecule has 2 rings (SSSR count). The van der Waals surface area contributed by atoms with Crippen LogP contribution < -0.4 is 5.32 Å². The Bertz CT molecular complexity index is 602. The van der Waals surface area contributed by atoms with Gasteiger partial charge in [0.05, 0.1) is 4.90 Å². The van der Waals surface area contributed by atoms with Crippen molar-refractivity contribution in [2.24, 2.45) is 11.8 Å². The molecule has 118 valence electrons. The van der Waals surface area contributed by atoms with E-state index in [4.69, 9.17) is 0 Å².